The second-order valence-corrected chi connectivity index (χ2v) is 7.50. The minimum Gasteiger partial charge on any atom is -0.304 e. The highest BCUT2D eigenvalue weighted by molar-refractivity contribution is 6.32. The van der Waals surface area contributed by atoms with E-state index in [0.29, 0.717) is 17.3 Å². The molecule has 0 radical (unpaired) electrons. The molecule has 7 heteroatoms. The van der Waals surface area contributed by atoms with Gasteiger partial charge in [-0.15, -0.1) is 5.10 Å². The van der Waals surface area contributed by atoms with Gasteiger partial charge in [-0.05, 0) is 32.0 Å². The quantitative estimate of drug-likeness (QED) is 0.671. The van der Waals surface area contributed by atoms with E-state index in [2.05, 4.69) is 28.9 Å². The normalized spacial score (nSPS) is 15.6. The number of hydrogen-bond donors (Lipinski definition) is 0. The third kappa shape index (κ3) is 2.40. The van der Waals surface area contributed by atoms with Gasteiger partial charge in [-0.2, -0.15) is 4.98 Å². The molecule has 0 unspecified atom stereocenters. The number of amides is 1. The van der Waals surface area contributed by atoms with E-state index >= 15 is 0 Å². The Labute approximate surface area is 150 Å². The van der Waals surface area contributed by atoms with E-state index in [1.165, 1.54) is 0 Å². The summed E-state index contributed by atoms with van der Waals surface area (Å²) < 4.78 is 1.60. The van der Waals surface area contributed by atoms with Crippen LogP contribution in [0.1, 0.15) is 41.4 Å². The number of carbonyl (C=O) groups is 1. The molecular weight excluding hydrogens is 338 g/mol. The standard InChI is InChI=1S/C18H18ClN5O/c1-10-8-11(2)24-17(20-10)21-15(22-24)16(25)23-9-18(3,4)14-12(19)6-5-7-13(14)23/h5-8H,9H2,1-4H3. The van der Waals surface area contributed by atoms with Crippen molar-refractivity contribution >= 4 is 29.0 Å². The molecule has 0 bridgehead atoms. The molecule has 0 spiro atoms. The van der Waals surface area contributed by atoms with E-state index < -0.39 is 0 Å². The van der Waals surface area contributed by atoms with E-state index in [1.807, 2.05) is 38.1 Å². The topological polar surface area (TPSA) is 63.4 Å². The molecule has 0 saturated carbocycles. The minimum absolute atomic E-state index is 0.143. The van der Waals surface area contributed by atoms with Crippen LogP contribution in [-0.2, 0) is 5.41 Å². The van der Waals surface area contributed by atoms with Gasteiger partial charge in [0.05, 0.1) is 0 Å². The first kappa shape index (κ1) is 16.0. The molecule has 6 nitrogen and oxygen atoms in total. The second-order valence-electron chi connectivity index (χ2n) is 7.10. The highest BCUT2D eigenvalue weighted by atomic mass is 35.5. The molecule has 3 heterocycles. The Morgan fingerprint density at radius 1 is 1.24 bits per heavy atom. The molecule has 0 atom stereocenters. The van der Waals surface area contributed by atoms with E-state index in [1.54, 1.807) is 9.42 Å². The molecule has 0 saturated heterocycles. The second kappa shape index (κ2) is 5.26. The molecule has 1 aliphatic heterocycles. The summed E-state index contributed by atoms with van der Waals surface area (Å²) in [5.41, 5.74) is 3.31. The first-order valence-electron chi connectivity index (χ1n) is 8.10. The molecule has 0 aliphatic carbocycles. The molecule has 1 aromatic carbocycles. The average molecular weight is 356 g/mol. The van der Waals surface area contributed by atoms with Gasteiger partial charge in [-0.3, -0.25) is 4.79 Å². The van der Waals surface area contributed by atoms with Crippen LogP contribution in [0.3, 0.4) is 0 Å². The summed E-state index contributed by atoms with van der Waals surface area (Å²) in [7, 11) is 0. The van der Waals surface area contributed by atoms with Crippen molar-refractivity contribution in [3.8, 4) is 0 Å². The van der Waals surface area contributed by atoms with Crippen LogP contribution in [0, 0.1) is 13.8 Å². The number of halogens is 1. The van der Waals surface area contributed by atoms with Crippen molar-refractivity contribution in [2.24, 2.45) is 0 Å². The van der Waals surface area contributed by atoms with Crippen molar-refractivity contribution in [1.29, 1.82) is 0 Å². The summed E-state index contributed by atoms with van der Waals surface area (Å²) in [5.74, 6) is 0.340. The lowest BCUT2D eigenvalue weighted by Gasteiger charge is -2.20. The summed E-state index contributed by atoms with van der Waals surface area (Å²) in [6.07, 6.45) is 0. The zero-order chi connectivity index (χ0) is 17.9. The Hall–Kier alpha value is -2.47. The maximum atomic E-state index is 13.1. The number of benzene rings is 1. The Kier molecular flexibility index (Phi) is 3.37. The minimum atomic E-state index is -0.239. The van der Waals surface area contributed by atoms with Crippen LogP contribution in [0.25, 0.3) is 5.78 Å². The van der Waals surface area contributed by atoms with Crippen LogP contribution in [0.4, 0.5) is 5.69 Å². The fraction of sp³-hybridized carbons (Fsp3) is 0.333. The fourth-order valence-corrected chi connectivity index (χ4v) is 3.95. The molecule has 25 heavy (non-hydrogen) atoms. The molecular formula is C18H18ClN5O. The summed E-state index contributed by atoms with van der Waals surface area (Å²) in [4.78, 5) is 23.5. The maximum Gasteiger partial charge on any atom is 0.298 e. The number of fused-ring (bicyclic) bond motifs is 2. The number of anilines is 1. The van der Waals surface area contributed by atoms with E-state index in [0.717, 1.165) is 22.6 Å². The number of aromatic nitrogens is 4. The molecule has 4 rings (SSSR count). The maximum absolute atomic E-state index is 13.1. The molecule has 0 fully saturated rings. The van der Waals surface area contributed by atoms with Crippen molar-refractivity contribution in [3.63, 3.8) is 0 Å². The lowest BCUT2D eigenvalue weighted by molar-refractivity contribution is 0.0976. The first-order chi connectivity index (χ1) is 11.8. The van der Waals surface area contributed by atoms with Gasteiger partial charge in [0, 0.05) is 39.6 Å². The monoisotopic (exact) mass is 355 g/mol. The highest BCUT2D eigenvalue weighted by Crippen LogP contribution is 2.44. The Bertz CT molecular complexity index is 1020. The molecule has 128 valence electrons. The lowest BCUT2D eigenvalue weighted by atomic mass is 9.87. The van der Waals surface area contributed by atoms with Gasteiger partial charge in [-0.25, -0.2) is 9.50 Å². The molecule has 2 aromatic heterocycles. The van der Waals surface area contributed by atoms with Crippen molar-refractivity contribution in [2.75, 3.05) is 11.4 Å². The SMILES string of the molecule is Cc1cc(C)n2nc(C(=O)N3CC(C)(C)c4c(Cl)cccc43)nc2n1. The number of nitrogens with zero attached hydrogens (tertiary/aromatic N) is 5. The summed E-state index contributed by atoms with van der Waals surface area (Å²) in [6.45, 7) is 8.50. The zero-order valence-electron chi connectivity index (χ0n) is 14.5. The lowest BCUT2D eigenvalue weighted by Crippen LogP contribution is -2.34. The highest BCUT2D eigenvalue weighted by Gasteiger charge is 2.40. The third-order valence-electron chi connectivity index (χ3n) is 4.57. The van der Waals surface area contributed by atoms with E-state index in [4.69, 9.17) is 11.6 Å². The number of carbonyl (C=O) groups excluding carboxylic acids is 1. The van der Waals surface area contributed by atoms with Crippen molar-refractivity contribution in [3.05, 3.63) is 52.1 Å². The molecule has 0 N–H and O–H groups in total. The van der Waals surface area contributed by atoms with Crippen LogP contribution in [-0.4, -0.2) is 32.0 Å². The smallest absolute Gasteiger partial charge is 0.298 e. The Morgan fingerprint density at radius 3 is 2.76 bits per heavy atom. The van der Waals surface area contributed by atoms with Crippen molar-refractivity contribution in [2.45, 2.75) is 33.1 Å². The van der Waals surface area contributed by atoms with Crippen LogP contribution >= 0.6 is 11.6 Å². The zero-order valence-corrected chi connectivity index (χ0v) is 15.3. The average Bonchev–Trinajstić information content (AvgIpc) is 3.06. The van der Waals surface area contributed by atoms with Gasteiger partial charge < -0.3 is 4.90 Å². The predicted octanol–water partition coefficient (Wildman–Crippen LogP) is 3.33. The van der Waals surface area contributed by atoms with E-state index in [-0.39, 0.29) is 17.1 Å². The third-order valence-corrected chi connectivity index (χ3v) is 4.88. The predicted molar refractivity (Wildman–Crippen MR) is 96.4 cm³/mol. The summed E-state index contributed by atoms with van der Waals surface area (Å²) in [5, 5.41) is 5.03. The van der Waals surface area contributed by atoms with Crippen LogP contribution in [0.2, 0.25) is 5.02 Å². The Balaban J connectivity index is 1.81. The van der Waals surface area contributed by atoms with Crippen LogP contribution in [0.5, 0.6) is 0 Å². The molecule has 1 aliphatic rings. The van der Waals surface area contributed by atoms with Gasteiger partial charge >= 0.3 is 0 Å². The van der Waals surface area contributed by atoms with Gasteiger partial charge in [0.1, 0.15) is 0 Å². The number of aryl methyl sites for hydroxylation is 2. The summed E-state index contributed by atoms with van der Waals surface area (Å²) >= 11 is 6.39. The van der Waals surface area contributed by atoms with Gasteiger partial charge in [0.25, 0.3) is 11.7 Å². The van der Waals surface area contributed by atoms with Gasteiger partial charge in [-0.1, -0.05) is 31.5 Å². The van der Waals surface area contributed by atoms with Crippen molar-refractivity contribution in [1.82, 2.24) is 19.6 Å². The fourth-order valence-electron chi connectivity index (χ4n) is 3.53. The number of hydrogen-bond acceptors (Lipinski definition) is 4. The van der Waals surface area contributed by atoms with Gasteiger partial charge in [0.15, 0.2) is 0 Å². The largest absolute Gasteiger partial charge is 0.304 e. The van der Waals surface area contributed by atoms with E-state index in [9.17, 15) is 4.79 Å². The molecule has 1 amide bonds. The first-order valence-corrected chi connectivity index (χ1v) is 8.47. The Morgan fingerprint density at radius 2 is 2.00 bits per heavy atom. The van der Waals surface area contributed by atoms with Crippen LogP contribution in [0.15, 0.2) is 24.3 Å². The number of rotatable bonds is 1. The molecule has 3 aromatic rings. The van der Waals surface area contributed by atoms with Crippen molar-refractivity contribution < 1.29 is 4.79 Å². The van der Waals surface area contributed by atoms with Gasteiger partial charge in [0.2, 0.25) is 5.82 Å². The summed E-state index contributed by atoms with van der Waals surface area (Å²) in [6, 6.07) is 7.53. The van der Waals surface area contributed by atoms with Crippen LogP contribution < -0.4 is 4.90 Å².